The third kappa shape index (κ3) is 3.34. The normalized spacial score (nSPS) is 23.2. The zero-order valence-corrected chi connectivity index (χ0v) is 14.3. The van der Waals surface area contributed by atoms with Gasteiger partial charge in [0.15, 0.2) is 0 Å². The van der Waals surface area contributed by atoms with Gasteiger partial charge in [0.25, 0.3) is 0 Å². The summed E-state index contributed by atoms with van der Waals surface area (Å²) in [6.07, 6.45) is 5.36. The molecule has 3 heterocycles. The zero-order chi connectivity index (χ0) is 17.2. The largest absolute Gasteiger partial charge is 0.361 e. The number of carbonyl (C=O) groups excluding carboxylic acids is 2. The lowest BCUT2D eigenvalue weighted by molar-refractivity contribution is -0.121. The van der Waals surface area contributed by atoms with Gasteiger partial charge in [-0.2, -0.15) is 0 Å². The maximum atomic E-state index is 12.4. The minimum Gasteiger partial charge on any atom is -0.361 e. The summed E-state index contributed by atoms with van der Waals surface area (Å²) in [6, 6.07) is 8.29. The van der Waals surface area contributed by atoms with Gasteiger partial charge in [0.1, 0.15) is 0 Å². The van der Waals surface area contributed by atoms with Crippen LogP contribution in [0.3, 0.4) is 0 Å². The molecule has 2 unspecified atom stereocenters. The highest BCUT2D eigenvalue weighted by atomic mass is 16.2. The van der Waals surface area contributed by atoms with Crippen molar-refractivity contribution in [2.75, 3.05) is 19.6 Å². The summed E-state index contributed by atoms with van der Waals surface area (Å²) in [5.74, 6) is 0.514. The Morgan fingerprint density at radius 1 is 1.28 bits per heavy atom. The lowest BCUT2D eigenvalue weighted by Gasteiger charge is -2.17. The standard InChI is InChI=1S/C19H24N4O2/c24-18-7-3-4-14-11-23(12-17(14)22-18)19(25)20-9-8-13-10-21-16-6-2-1-5-15(13)16/h1-2,5-6,10,14,17,21H,3-4,7-9,11-12H2,(H,20,25)(H,22,24). The number of aromatic amines is 1. The number of nitrogens with one attached hydrogen (secondary N) is 3. The summed E-state index contributed by atoms with van der Waals surface area (Å²) >= 11 is 0. The van der Waals surface area contributed by atoms with Crippen molar-refractivity contribution < 1.29 is 9.59 Å². The zero-order valence-electron chi connectivity index (χ0n) is 14.3. The number of para-hydroxylation sites is 1. The fourth-order valence-electron chi connectivity index (χ4n) is 4.05. The Morgan fingerprint density at radius 2 is 2.16 bits per heavy atom. The van der Waals surface area contributed by atoms with Crippen LogP contribution in [-0.2, 0) is 11.2 Å². The van der Waals surface area contributed by atoms with Crippen LogP contribution in [0.15, 0.2) is 30.5 Å². The third-order valence-corrected chi connectivity index (χ3v) is 5.40. The molecule has 4 rings (SSSR count). The van der Waals surface area contributed by atoms with Crippen molar-refractivity contribution in [3.63, 3.8) is 0 Å². The highest BCUT2D eigenvalue weighted by molar-refractivity contribution is 5.83. The second-order valence-electron chi connectivity index (χ2n) is 7.07. The van der Waals surface area contributed by atoms with Crippen molar-refractivity contribution in [2.24, 2.45) is 5.92 Å². The van der Waals surface area contributed by atoms with Crippen molar-refractivity contribution >= 4 is 22.8 Å². The van der Waals surface area contributed by atoms with E-state index in [4.69, 9.17) is 0 Å². The average molecular weight is 340 g/mol. The van der Waals surface area contributed by atoms with Gasteiger partial charge in [0.2, 0.25) is 5.91 Å². The van der Waals surface area contributed by atoms with E-state index in [-0.39, 0.29) is 18.0 Å². The van der Waals surface area contributed by atoms with Crippen molar-refractivity contribution in [1.82, 2.24) is 20.5 Å². The molecule has 2 aromatic rings. The summed E-state index contributed by atoms with van der Waals surface area (Å²) in [6.45, 7) is 1.97. The molecule has 1 aromatic heterocycles. The van der Waals surface area contributed by atoms with Crippen LogP contribution in [0.25, 0.3) is 10.9 Å². The molecular weight excluding hydrogens is 316 g/mol. The van der Waals surface area contributed by atoms with Crippen LogP contribution in [0.5, 0.6) is 0 Å². The third-order valence-electron chi connectivity index (χ3n) is 5.40. The molecule has 3 amide bonds. The van der Waals surface area contributed by atoms with Crippen LogP contribution >= 0.6 is 0 Å². The second-order valence-corrected chi connectivity index (χ2v) is 7.07. The number of aromatic nitrogens is 1. The minimum absolute atomic E-state index is 0.0258. The average Bonchev–Trinajstić information content (AvgIpc) is 3.15. The fourth-order valence-corrected chi connectivity index (χ4v) is 4.05. The van der Waals surface area contributed by atoms with E-state index in [1.165, 1.54) is 10.9 Å². The molecule has 0 radical (unpaired) electrons. The van der Waals surface area contributed by atoms with E-state index >= 15 is 0 Å². The number of hydrogen-bond acceptors (Lipinski definition) is 2. The van der Waals surface area contributed by atoms with Crippen LogP contribution < -0.4 is 10.6 Å². The van der Waals surface area contributed by atoms with Gasteiger partial charge >= 0.3 is 6.03 Å². The van der Waals surface area contributed by atoms with Crippen LogP contribution in [-0.4, -0.2) is 47.5 Å². The van der Waals surface area contributed by atoms with Crippen LogP contribution in [0.4, 0.5) is 4.79 Å². The first-order valence-corrected chi connectivity index (χ1v) is 9.08. The summed E-state index contributed by atoms with van der Waals surface area (Å²) in [7, 11) is 0. The smallest absolute Gasteiger partial charge is 0.317 e. The first-order valence-electron chi connectivity index (χ1n) is 9.08. The lowest BCUT2D eigenvalue weighted by Crippen LogP contribution is -2.42. The molecule has 132 valence electrons. The Kier molecular flexibility index (Phi) is 4.34. The molecule has 2 aliphatic heterocycles. The molecular formula is C19H24N4O2. The fraction of sp³-hybridized carbons (Fsp3) is 0.474. The molecule has 3 N–H and O–H groups in total. The highest BCUT2D eigenvalue weighted by Crippen LogP contribution is 2.25. The predicted octanol–water partition coefficient (Wildman–Crippen LogP) is 2.02. The lowest BCUT2D eigenvalue weighted by atomic mass is 9.99. The van der Waals surface area contributed by atoms with Gasteiger partial charge in [-0.05, 0) is 36.8 Å². The van der Waals surface area contributed by atoms with Crippen LogP contribution in [0, 0.1) is 5.92 Å². The predicted molar refractivity (Wildman–Crippen MR) is 96.2 cm³/mol. The molecule has 6 nitrogen and oxygen atoms in total. The number of carbonyl (C=O) groups is 2. The van der Waals surface area contributed by atoms with Crippen molar-refractivity contribution in [2.45, 2.75) is 31.7 Å². The van der Waals surface area contributed by atoms with Gasteiger partial charge in [-0.3, -0.25) is 4.79 Å². The molecule has 2 atom stereocenters. The molecule has 2 fully saturated rings. The van der Waals surface area contributed by atoms with E-state index in [1.807, 2.05) is 23.2 Å². The van der Waals surface area contributed by atoms with Gasteiger partial charge in [-0.25, -0.2) is 4.79 Å². The summed E-state index contributed by atoms with van der Waals surface area (Å²) < 4.78 is 0. The van der Waals surface area contributed by atoms with E-state index < -0.39 is 0 Å². The van der Waals surface area contributed by atoms with E-state index in [1.54, 1.807) is 0 Å². The van der Waals surface area contributed by atoms with Gasteiger partial charge in [0.05, 0.1) is 6.04 Å². The SMILES string of the molecule is O=C1CCCC2CN(C(=O)NCCc3c[nH]c4ccccc34)CC2N1. The van der Waals surface area contributed by atoms with Crippen LogP contribution in [0.1, 0.15) is 24.8 Å². The Balaban J connectivity index is 1.30. The van der Waals surface area contributed by atoms with E-state index in [2.05, 4.69) is 27.8 Å². The molecule has 25 heavy (non-hydrogen) atoms. The van der Waals surface area contributed by atoms with Crippen LogP contribution in [0.2, 0.25) is 0 Å². The molecule has 0 saturated carbocycles. The van der Waals surface area contributed by atoms with Crippen molar-refractivity contribution in [3.05, 3.63) is 36.0 Å². The molecule has 0 spiro atoms. The number of benzene rings is 1. The molecule has 2 saturated heterocycles. The first kappa shape index (κ1) is 16.0. The second kappa shape index (κ2) is 6.78. The number of hydrogen-bond donors (Lipinski definition) is 3. The van der Waals surface area contributed by atoms with Gasteiger partial charge in [-0.15, -0.1) is 0 Å². The minimum atomic E-state index is -0.0258. The molecule has 6 heteroatoms. The Hall–Kier alpha value is -2.50. The number of nitrogens with zero attached hydrogens (tertiary/aromatic N) is 1. The monoisotopic (exact) mass is 340 g/mol. The summed E-state index contributed by atoms with van der Waals surface area (Å²) in [5.41, 5.74) is 2.34. The number of urea groups is 1. The van der Waals surface area contributed by atoms with Crippen molar-refractivity contribution in [1.29, 1.82) is 0 Å². The summed E-state index contributed by atoms with van der Waals surface area (Å²) in [5, 5.41) is 7.30. The Morgan fingerprint density at radius 3 is 3.08 bits per heavy atom. The summed E-state index contributed by atoms with van der Waals surface area (Å²) in [4.78, 5) is 29.2. The van der Waals surface area contributed by atoms with E-state index in [0.29, 0.717) is 25.4 Å². The van der Waals surface area contributed by atoms with E-state index in [0.717, 1.165) is 31.3 Å². The highest BCUT2D eigenvalue weighted by Gasteiger charge is 2.37. The van der Waals surface area contributed by atoms with Gasteiger partial charge < -0.3 is 20.5 Å². The van der Waals surface area contributed by atoms with E-state index in [9.17, 15) is 9.59 Å². The number of rotatable bonds is 3. The topological polar surface area (TPSA) is 77.2 Å². The van der Waals surface area contributed by atoms with Gasteiger partial charge in [-0.1, -0.05) is 18.2 Å². The molecule has 0 bridgehead atoms. The maximum absolute atomic E-state index is 12.4. The maximum Gasteiger partial charge on any atom is 0.317 e. The Bertz CT molecular complexity index is 785. The number of likely N-dealkylation sites (tertiary alicyclic amines) is 1. The van der Waals surface area contributed by atoms with Gasteiger partial charge in [0, 0.05) is 43.2 Å². The Labute approximate surface area is 147 Å². The molecule has 0 aliphatic carbocycles. The van der Waals surface area contributed by atoms with Crippen molar-refractivity contribution in [3.8, 4) is 0 Å². The number of amides is 3. The quantitative estimate of drug-likeness (QED) is 0.799. The molecule has 2 aliphatic rings. The number of fused-ring (bicyclic) bond motifs is 2. The number of H-pyrrole nitrogens is 1. The first-order chi connectivity index (χ1) is 12.2. The molecule has 1 aromatic carbocycles.